The van der Waals surface area contributed by atoms with Gasteiger partial charge in [-0.1, -0.05) is 0 Å². The van der Waals surface area contributed by atoms with Crippen LogP contribution in [0.5, 0.6) is 0 Å². The zero-order chi connectivity index (χ0) is 6.97. The van der Waals surface area contributed by atoms with E-state index >= 15 is 0 Å². The van der Waals surface area contributed by atoms with Crippen LogP contribution in [-0.2, 0) is 4.74 Å². The average molecular weight is 136 g/mol. The molecule has 0 aromatic carbocycles. The van der Waals surface area contributed by atoms with Crippen molar-refractivity contribution < 1.29 is 4.74 Å². The van der Waals surface area contributed by atoms with Crippen molar-refractivity contribution >= 4 is 0 Å². The first kappa shape index (κ1) is 5.80. The van der Waals surface area contributed by atoms with E-state index in [1.807, 2.05) is 19.3 Å². The smallest absolute Gasteiger partial charge is 0.159 e. The van der Waals surface area contributed by atoms with Gasteiger partial charge in [0.15, 0.2) is 5.82 Å². The molecule has 0 aliphatic carbocycles. The fraction of sp³-hybridized carbons (Fsp3) is 0.429. The summed E-state index contributed by atoms with van der Waals surface area (Å²) >= 11 is 0. The second kappa shape index (κ2) is 2.02. The maximum Gasteiger partial charge on any atom is 0.159 e. The molecule has 1 unspecified atom stereocenters. The Morgan fingerprint density at radius 2 is 2.10 bits per heavy atom. The Bertz CT molecular complexity index is 228. The standard InChI is InChI=1S/C7H8N2O/c1-5-2-8-7(9-3-5)6-4-10-6/h2-3,6H,4H2,1H3. The van der Waals surface area contributed by atoms with Crippen LogP contribution in [0.2, 0.25) is 0 Å². The normalized spacial score (nSPS) is 22.7. The molecule has 0 saturated carbocycles. The van der Waals surface area contributed by atoms with Gasteiger partial charge in [-0.2, -0.15) is 0 Å². The van der Waals surface area contributed by atoms with E-state index in [1.165, 1.54) is 0 Å². The van der Waals surface area contributed by atoms with E-state index < -0.39 is 0 Å². The summed E-state index contributed by atoms with van der Waals surface area (Å²) in [5.74, 6) is 0.811. The molecule has 2 rings (SSSR count). The van der Waals surface area contributed by atoms with Crippen molar-refractivity contribution in [3.8, 4) is 0 Å². The number of aromatic nitrogens is 2. The molecule has 0 N–H and O–H groups in total. The highest BCUT2D eigenvalue weighted by atomic mass is 16.6. The van der Waals surface area contributed by atoms with Gasteiger partial charge in [-0.05, 0) is 12.5 Å². The average Bonchev–Trinajstić information content (AvgIpc) is 2.71. The van der Waals surface area contributed by atoms with Gasteiger partial charge in [0.25, 0.3) is 0 Å². The number of hydrogen-bond donors (Lipinski definition) is 0. The predicted molar refractivity (Wildman–Crippen MR) is 35.5 cm³/mol. The molecule has 0 radical (unpaired) electrons. The first-order valence-corrected chi connectivity index (χ1v) is 3.26. The third-order valence-electron chi connectivity index (χ3n) is 1.42. The number of rotatable bonds is 1. The monoisotopic (exact) mass is 136 g/mol. The number of nitrogens with zero attached hydrogens (tertiary/aromatic N) is 2. The summed E-state index contributed by atoms with van der Waals surface area (Å²) in [7, 11) is 0. The molecular formula is C7H8N2O. The highest BCUT2D eigenvalue weighted by Gasteiger charge is 2.27. The Balaban J connectivity index is 2.28. The van der Waals surface area contributed by atoms with E-state index in [4.69, 9.17) is 4.74 Å². The van der Waals surface area contributed by atoms with Crippen LogP contribution in [0.15, 0.2) is 12.4 Å². The van der Waals surface area contributed by atoms with Crippen LogP contribution in [0.1, 0.15) is 17.5 Å². The highest BCUT2D eigenvalue weighted by molar-refractivity contribution is 5.05. The first-order chi connectivity index (χ1) is 4.86. The topological polar surface area (TPSA) is 38.3 Å². The molecule has 1 atom stereocenters. The molecule has 52 valence electrons. The second-order valence-electron chi connectivity index (χ2n) is 2.44. The fourth-order valence-corrected chi connectivity index (χ4v) is 0.766. The van der Waals surface area contributed by atoms with E-state index in [1.54, 1.807) is 0 Å². The zero-order valence-electron chi connectivity index (χ0n) is 5.74. The zero-order valence-corrected chi connectivity index (χ0v) is 5.74. The molecule has 0 spiro atoms. The quantitative estimate of drug-likeness (QED) is 0.537. The van der Waals surface area contributed by atoms with Gasteiger partial charge < -0.3 is 4.74 Å². The summed E-state index contributed by atoms with van der Waals surface area (Å²) in [6.07, 6.45) is 3.80. The molecular weight excluding hydrogens is 128 g/mol. The summed E-state index contributed by atoms with van der Waals surface area (Å²) in [6, 6.07) is 0. The Morgan fingerprint density at radius 3 is 2.60 bits per heavy atom. The molecule has 1 aliphatic rings. The van der Waals surface area contributed by atoms with Crippen LogP contribution in [-0.4, -0.2) is 16.6 Å². The van der Waals surface area contributed by atoms with Crippen LogP contribution >= 0.6 is 0 Å². The molecule has 0 amide bonds. The number of hydrogen-bond acceptors (Lipinski definition) is 3. The van der Waals surface area contributed by atoms with Gasteiger partial charge in [0.1, 0.15) is 6.10 Å². The van der Waals surface area contributed by atoms with Crippen LogP contribution in [0, 0.1) is 6.92 Å². The van der Waals surface area contributed by atoms with Gasteiger partial charge in [-0.3, -0.25) is 0 Å². The van der Waals surface area contributed by atoms with Crippen LogP contribution < -0.4 is 0 Å². The lowest BCUT2D eigenvalue weighted by Crippen LogP contribution is -1.91. The van der Waals surface area contributed by atoms with Crippen LogP contribution in [0.3, 0.4) is 0 Å². The minimum atomic E-state index is 0.181. The highest BCUT2D eigenvalue weighted by Crippen LogP contribution is 2.25. The van der Waals surface area contributed by atoms with Crippen molar-refractivity contribution in [1.29, 1.82) is 0 Å². The number of aryl methyl sites for hydroxylation is 1. The van der Waals surface area contributed by atoms with Gasteiger partial charge in [-0.25, -0.2) is 9.97 Å². The van der Waals surface area contributed by atoms with Crippen molar-refractivity contribution in [3.63, 3.8) is 0 Å². The molecule has 10 heavy (non-hydrogen) atoms. The molecule has 1 aromatic rings. The van der Waals surface area contributed by atoms with Crippen molar-refractivity contribution in [2.75, 3.05) is 6.61 Å². The van der Waals surface area contributed by atoms with Gasteiger partial charge in [0.05, 0.1) is 6.61 Å². The van der Waals surface area contributed by atoms with Crippen molar-refractivity contribution in [1.82, 2.24) is 9.97 Å². The summed E-state index contributed by atoms with van der Waals surface area (Å²) in [5.41, 5.74) is 1.09. The second-order valence-corrected chi connectivity index (χ2v) is 2.44. The lowest BCUT2D eigenvalue weighted by Gasteiger charge is -1.92. The van der Waals surface area contributed by atoms with Crippen LogP contribution in [0.25, 0.3) is 0 Å². The molecule has 1 fully saturated rings. The minimum Gasteiger partial charge on any atom is -0.365 e. The van der Waals surface area contributed by atoms with E-state index in [-0.39, 0.29) is 6.10 Å². The maximum absolute atomic E-state index is 5.01. The fourth-order valence-electron chi connectivity index (χ4n) is 0.766. The van der Waals surface area contributed by atoms with E-state index in [2.05, 4.69) is 9.97 Å². The summed E-state index contributed by atoms with van der Waals surface area (Å²) in [4.78, 5) is 8.21. The van der Waals surface area contributed by atoms with E-state index in [9.17, 15) is 0 Å². The van der Waals surface area contributed by atoms with Crippen molar-refractivity contribution in [2.24, 2.45) is 0 Å². The van der Waals surface area contributed by atoms with Gasteiger partial charge >= 0.3 is 0 Å². The Kier molecular flexibility index (Phi) is 1.17. The van der Waals surface area contributed by atoms with E-state index in [0.29, 0.717) is 0 Å². The molecule has 1 aliphatic heterocycles. The minimum absolute atomic E-state index is 0.181. The molecule has 3 heteroatoms. The molecule has 3 nitrogen and oxygen atoms in total. The summed E-state index contributed by atoms with van der Waals surface area (Å²) in [6.45, 7) is 2.75. The van der Waals surface area contributed by atoms with Gasteiger partial charge in [-0.15, -0.1) is 0 Å². The number of ether oxygens (including phenoxy) is 1. The Morgan fingerprint density at radius 1 is 1.50 bits per heavy atom. The Labute approximate surface area is 59.1 Å². The maximum atomic E-state index is 5.01. The third kappa shape index (κ3) is 0.998. The molecule has 1 saturated heterocycles. The van der Waals surface area contributed by atoms with E-state index in [0.717, 1.165) is 18.0 Å². The van der Waals surface area contributed by atoms with Gasteiger partial charge in [0.2, 0.25) is 0 Å². The third-order valence-corrected chi connectivity index (χ3v) is 1.42. The summed E-state index contributed by atoms with van der Waals surface area (Å²) in [5, 5.41) is 0. The molecule has 2 heterocycles. The first-order valence-electron chi connectivity index (χ1n) is 3.26. The number of epoxide rings is 1. The Hall–Kier alpha value is -0.960. The lowest BCUT2D eigenvalue weighted by molar-refractivity contribution is 0.406. The van der Waals surface area contributed by atoms with Crippen LogP contribution in [0.4, 0.5) is 0 Å². The lowest BCUT2D eigenvalue weighted by atomic mass is 10.4. The SMILES string of the molecule is Cc1cnc(C2CO2)nc1. The predicted octanol–water partition coefficient (Wildman–Crippen LogP) is 0.856. The molecule has 1 aromatic heterocycles. The van der Waals surface area contributed by atoms with Crippen molar-refractivity contribution in [2.45, 2.75) is 13.0 Å². The molecule has 0 bridgehead atoms. The largest absolute Gasteiger partial charge is 0.365 e. The van der Waals surface area contributed by atoms with Crippen molar-refractivity contribution in [3.05, 3.63) is 23.8 Å². The summed E-state index contributed by atoms with van der Waals surface area (Å²) < 4.78 is 5.01. The van der Waals surface area contributed by atoms with Gasteiger partial charge in [0, 0.05) is 12.4 Å².